The number of amides is 2. The van der Waals surface area contributed by atoms with Crippen LogP contribution in [0.15, 0.2) is 34.9 Å². The fraction of sp³-hybridized carbons (Fsp3) is 0.412. The minimum absolute atomic E-state index is 0.197. The summed E-state index contributed by atoms with van der Waals surface area (Å²) in [4.78, 5) is 26.0. The van der Waals surface area contributed by atoms with Gasteiger partial charge in [-0.1, -0.05) is 29.3 Å². The third-order valence-corrected chi connectivity index (χ3v) is 5.27. The summed E-state index contributed by atoms with van der Waals surface area (Å²) in [6.45, 7) is 0.197. The van der Waals surface area contributed by atoms with Crippen molar-refractivity contribution in [2.75, 3.05) is 6.54 Å². The van der Waals surface area contributed by atoms with Gasteiger partial charge in [0.15, 0.2) is 0 Å². The van der Waals surface area contributed by atoms with Gasteiger partial charge in [0.05, 0.1) is 17.7 Å². The number of halogens is 1. The molecule has 3 aliphatic heterocycles. The summed E-state index contributed by atoms with van der Waals surface area (Å²) >= 11 is 6.48. The van der Waals surface area contributed by atoms with Gasteiger partial charge in [-0.3, -0.25) is 14.5 Å². The van der Waals surface area contributed by atoms with Gasteiger partial charge in [-0.2, -0.15) is 0 Å². The van der Waals surface area contributed by atoms with E-state index in [-0.39, 0.29) is 18.4 Å². The second kappa shape index (κ2) is 5.21. The first-order chi connectivity index (χ1) is 10.6. The molecule has 0 spiro atoms. The molecule has 2 amide bonds. The van der Waals surface area contributed by atoms with Crippen molar-refractivity contribution in [1.82, 2.24) is 10.2 Å². The molecule has 2 fully saturated rings. The predicted octanol–water partition coefficient (Wildman–Crippen LogP) is 2.69. The zero-order valence-corrected chi connectivity index (χ0v) is 12.9. The van der Waals surface area contributed by atoms with Crippen LogP contribution in [-0.2, 0) is 0 Å². The molecular weight excluding hydrogens is 300 g/mol. The largest absolute Gasteiger partial charge is 0.311 e. The fourth-order valence-electron chi connectivity index (χ4n) is 3.76. The Morgan fingerprint density at radius 2 is 1.64 bits per heavy atom. The molecule has 2 saturated heterocycles. The molecule has 4 rings (SSSR count). The standard InChI is InChI=1S/C17H17ClN2O2/c18-15(10-7-11-5-6-12(8-10)19-11)9-20-16(21)13-3-1-2-4-14(13)17(20)22/h1-4,11-12,19H,5-9H2. The maximum Gasteiger partial charge on any atom is 0.261 e. The van der Waals surface area contributed by atoms with Gasteiger partial charge < -0.3 is 5.32 Å². The lowest BCUT2D eigenvalue weighted by Gasteiger charge is -2.25. The van der Waals surface area contributed by atoms with Crippen molar-refractivity contribution in [2.24, 2.45) is 0 Å². The number of piperidine rings is 1. The lowest BCUT2D eigenvalue weighted by Crippen LogP contribution is -2.36. The molecule has 1 aromatic rings. The van der Waals surface area contributed by atoms with Gasteiger partial charge in [-0.25, -0.2) is 0 Å². The highest BCUT2D eigenvalue weighted by Crippen LogP contribution is 2.34. The number of benzene rings is 1. The van der Waals surface area contributed by atoms with Crippen LogP contribution in [0.4, 0.5) is 0 Å². The summed E-state index contributed by atoms with van der Waals surface area (Å²) in [5.41, 5.74) is 2.16. The Bertz CT molecular complexity index is 649. The number of imide groups is 1. The van der Waals surface area contributed by atoms with Crippen LogP contribution in [0.1, 0.15) is 46.4 Å². The van der Waals surface area contributed by atoms with Gasteiger partial charge in [0, 0.05) is 17.1 Å². The molecule has 0 radical (unpaired) electrons. The van der Waals surface area contributed by atoms with E-state index >= 15 is 0 Å². The molecule has 3 heterocycles. The van der Waals surface area contributed by atoms with Gasteiger partial charge in [0.25, 0.3) is 11.8 Å². The molecule has 5 heteroatoms. The van der Waals surface area contributed by atoms with E-state index in [1.54, 1.807) is 24.3 Å². The highest BCUT2D eigenvalue weighted by Gasteiger charge is 2.37. The van der Waals surface area contributed by atoms with Crippen LogP contribution in [0, 0.1) is 0 Å². The van der Waals surface area contributed by atoms with Crippen molar-refractivity contribution in [1.29, 1.82) is 0 Å². The predicted molar refractivity (Wildman–Crippen MR) is 83.9 cm³/mol. The maximum absolute atomic E-state index is 12.4. The van der Waals surface area contributed by atoms with Crippen LogP contribution in [0.5, 0.6) is 0 Å². The van der Waals surface area contributed by atoms with Crippen LogP contribution in [0.3, 0.4) is 0 Å². The average Bonchev–Trinajstić information content (AvgIpc) is 2.99. The Labute approximate surface area is 134 Å². The molecule has 2 atom stereocenters. The molecule has 114 valence electrons. The van der Waals surface area contributed by atoms with Crippen molar-refractivity contribution in [3.05, 3.63) is 46.0 Å². The van der Waals surface area contributed by atoms with Crippen molar-refractivity contribution in [3.63, 3.8) is 0 Å². The molecule has 4 nitrogen and oxygen atoms in total. The number of carbonyl (C=O) groups is 2. The number of hydrogen-bond acceptors (Lipinski definition) is 3. The summed E-state index contributed by atoms with van der Waals surface area (Å²) in [5.74, 6) is -0.479. The Morgan fingerprint density at radius 3 is 2.18 bits per heavy atom. The van der Waals surface area contributed by atoms with Gasteiger partial charge >= 0.3 is 0 Å². The average molecular weight is 317 g/mol. The zero-order chi connectivity index (χ0) is 15.3. The van der Waals surface area contributed by atoms with Gasteiger partial charge in [0.2, 0.25) is 0 Å². The lowest BCUT2D eigenvalue weighted by molar-refractivity contribution is 0.0670. The van der Waals surface area contributed by atoms with E-state index < -0.39 is 0 Å². The minimum atomic E-state index is -0.240. The van der Waals surface area contributed by atoms with Crippen LogP contribution in [0.2, 0.25) is 0 Å². The Kier molecular flexibility index (Phi) is 3.31. The summed E-state index contributed by atoms with van der Waals surface area (Å²) in [6.07, 6.45) is 4.23. The Hall–Kier alpha value is -1.65. The SMILES string of the molecule is O=C1c2ccccc2C(=O)N1CC(Cl)=C1CC2CCC(C1)N2. The summed E-state index contributed by atoms with van der Waals surface area (Å²) in [6, 6.07) is 7.95. The van der Waals surface area contributed by atoms with E-state index in [0.29, 0.717) is 28.2 Å². The normalized spacial score (nSPS) is 26.6. The van der Waals surface area contributed by atoms with Crippen LogP contribution < -0.4 is 5.32 Å². The highest BCUT2D eigenvalue weighted by molar-refractivity contribution is 6.31. The maximum atomic E-state index is 12.4. The molecular formula is C17H17ClN2O2. The van der Waals surface area contributed by atoms with Crippen LogP contribution in [-0.4, -0.2) is 35.3 Å². The number of nitrogens with one attached hydrogen (secondary N) is 1. The highest BCUT2D eigenvalue weighted by atomic mass is 35.5. The second-order valence-electron chi connectivity index (χ2n) is 6.30. The quantitative estimate of drug-likeness (QED) is 0.853. The zero-order valence-electron chi connectivity index (χ0n) is 12.1. The molecule has 22 heavy (non-hydrogen) atoms. The first-order valence-electron chi connectivity index (χ1n) is 7.71. The number of fused-ring (bicyclic) bond motifs is 3. The number of nitrogens with zero attached hydrogens (tertiary/aromatic N) is 1. The van der Waals surface area contributed by atoms with Crippen LogP contribution >= 0.6 is 11.6 Å². The molecule has 2 unspecified atom stereocenters. The summed E-state index contributed by atoms with van der Waals surface area (Å²) < 4.78 is 0. The van der Waals surface area contributed by atoms with E-state index in [4.69, 9.17) is 11.6 Å². The van der Waals surface area contributed by atoms with E-state index in [1.165, 1.54) is 23.3 Å². The van der Waals surface area contributed by atoms with E-state index in [0.717, 1.165) is 12.8 Å². The summed E-state index contributed by atoms with van der Waals surface area (Å²) in [5, 5.41) is 4.22. The van der Waals surface area contributed by atoms with Crippen molar-refractivity contribution in [2.45, 2.75) is 37.8 Å². The van der Waals surface area contributed by atoms with Gasteiger partial charge in [0.1, 0.15) is 0 Å². The summed E-state index contributed by atoms with van der Waals surface area (Å²) in [7, 11) is 0. The second-order valence-corrected chi connectivity index (χ2v) is 6.75. The molecule has 0 aromatic heterocycles. The van der Waals surface area contributed by atoms with E-state index in [9.17, 15) is 9.59 Å². The molecule has 0 aliphatic carbocycles. The van der Waals surface area contributed by atoms with E-state index in [1.807, 2.05) is 0 Å². The first-order valence-corrected chi connectivity index (χ1v) is 8.09. The Balaban J connectivity index is 1.57. The van der Waals surface area contributed by atoms with Crippen LogP contribution in [0.25, 0.3) is 0 Å². The van der Waals surface area contributed by atoms with Crippen molar-refractivity contribution in [3.8, 4) is 0 Å². The first kappa shape index (κ1) is 14.0. The van der Waals surface area contributed by atoms with Crippen molar-refractivity contribution >= 4 is 23.4 Å². The smallest absolute Gasteiger partial charge is 0.261 e. The number of rotatable bonds is 2. The van der Waals surface area contributed by atoms with E-state index in [2.05, 4.69) is 5.32 Å². The van der Waals surface area contributed by atoms with Gasteiger partial charge in [-0.05, 0) is 37.8 Å². The molecule has 0 saturated carbocycles. The fourth-order valence-corrected chi connectivity index (χ4v) is 4.03. The molecule has 3 aliphatic rings. The third-order valence-electron chi connectivity index (χ3n) is 4.88. The number of carbonyl (C=O) groups excluding carboxylic acids is 2. The number of hydrogen-bond donors (Lipinski definition) is 1. The molecule has 1 aromatic carbocycles. The molecule has 2 bridgehead atoms. The Morgan fingerprint density at radius 1 is 1.09 bits per heavy atom. The monoisotopic (exact) mass is 316 g/mol. The third kappa shape index (κ3) is 2.18. The topological polar surface area (TPSA) is 49.4 Å². The lowest BCUT2D eigenvalue weighted by atomic mass is 9.98. The molecule has 1 N–H and O–H groups in total. The minimum Gasteiger partial charge on any atom is -0.311 e. The van der Waals surface area contributed by atoms with Crippen molar-refractivity contribution < 1.29 is 9.59 Å². The van der Waals surface area contributed by atoms with Gasteiger partial charge in [-0.15, -0.1) is 0 Å².